The number of hydrogen-bond donors (Lipinski definition) is 2. The van der Waals surface area contributed by atoms with Crippen molar-refractivity contribution in [2.24, 2.45) is 5.92 Å². The summed E-state index contributed by atoms with van der Waals surface area (Å²) in [5.74, 6) is -0.108. The van der Waals surface area contributed by atoms with Crippen LogP contribution in [-0.2, 0) is 16.6 Å². The van der Waals surface area contributed by atoms with Crippen molar-refractivity contribution in [1.29, 1.82) is 0 Å². The maximum atomic E-state index is 13.3. The maximum Gasteiger partial charge on any atom is 0.270 e. The molecule has 9 heteroatoms. The van der Waals surface area contributed by atoms with Crippen LogP contribution >= 0.6 is 0 Å². The largest absolute Gasteiger partial charge is 0.508 e. The first-order valence-electron chi connectivity index (χ1n) is 11.3. The van der Waals surface area contributed by atoms with E-state index in [1.807, 2.05) is 36.4 Å². The minimum absolute atomic E-state index is 0.0102. The molecule has 1 aliphatic heterocycles. The molecule has 0 spiro atoms. The van der Waals surface area contributed by atoms with Crippen molar-refractivity contribution in [3.8, 4) is 5.75 Å². The lowest BCUT2D eigenvalue weighted by Gasteiger charge is -2.38. The molecular weight excluding hydrogens is 466 g/mol. The molecule has 0 fully saturated rings. The lowest BCUT2D eigenvalue weighted by Crippen LogP contribution is -2.30. The van der Waals surface area contributed by atoms with Gasteiger partial charge in [0, 0.05) is 42.9 Å². The zero-order valence-corrected chi connectivity index (χ0v) is 19.9. The SMILES string of the molecule is CN(Cc1ccccc1)S(=O)(=O)c1ccc2c(c1)C1C=CCC1C(c1cc([N+](=O)[O-])ccc1O)N2. The van der Waals surface area contributed by atoms with Gasteiger partial charge in [0.25, 0.3) is 5.69 Å². The maximum absolute atomic E-state index is 13.3. The van der Waals surface area contributed by atoms with Crippen molar-refractivity contribution >= 4 is 21.4 Å². The fourth-order valence-corrected chi connectivity index (χ4v) is 6.25. The fraction of sp³-hybridized carbons (Fsp3) is 0.231. The molecule has 1 aliphatic carbocycles. The third-order valence-electron chi connectivity index (χ3n) is 6.85. The highest BCUT2D eigenvalue weighted by Crippen LogP contribution is 2.51. The number of fused-ring (bicyclic) bond motifs is 3. The highest BCUT2D eigenvalue weighted by molar-refractivity contribution is 7.89. The first-order valence-corrected chi connectivity index (χ1v) is 12.7. The van der Waals surface area contributed by atoms with Crippen LogP contribution in [0.15, 0.2) is 83.8 Å². The van der Waals surface area contributed by atoms with Gasteiger partial charge in [0.15, 0.2) is 0 Å². The summed E-state index contributed by atoms with van der Waals surface area (Å²) < 4.78 is 28.0. The number of non-ortho nitro benzene ring substituents is 1. The Morgan fingerprint density at radius 2 is 1.86 bits per heavy atom. The van der Waals surface area contributed by atoms with Crippen molar-refractivity contribution in [2.45, 2.75) is 29.8 Å². The van der Waals surface area contributed by atoms with Crippen LogP contribution in [0, 0.1) is 16.0 Å². The molecule has 0 aromatic heterocycles. The predicted octanol–water partition coefficient (Wildman–Crippen LogP) is 4.95. The van der Waals surface area contributed by atoms with Gasteiger partial charge in [0.05, 0.1) is 15.9 Å². The van der Waals surface area contributed by atoms with Gasteiger partial charge in [-0.1, -0.05) is 42.5 Å². The standard InChI is InChI=1S/C26H25N3O5S/c1-28(16-17-6-3-2-4-7-17)35(33,34)19-11-12-24-22(15-19)20-8-5-9-21(20)26(27-24)23-14-18(29(31)32)10-13-25(23)30/h2-8,10-15,20-21,26-27,30H,9,16H2,1H3. The second-order valence-corrected chi connectivity index (χ2v) is 11.0. The molecule has 3 aromatic carbocycles. The Morgan fingerprint density at radius 3 is 2.60 bits per heavy atom. The van der Waals surface area contributed by atoms with Gasteiger partial charge < -0.3 is 10.4 Å². The third-order valence-corrected chi connectivity index (χ3v) is 8.65. The lowest BCUT2D eigenvalue weighted by atomic mass is 9.77. The van der Waals surface area contributed by atoms with E-state index in [-0.39, 0.29) is 40.8 Å². The van der Waals surface area contributed by atoms with Crippen molar-refractivity contribution in [3.05, 3.63) is 106 Å². The van der Waals surface area contributed by atoms with E-state index in [4.69, 9.17) is 0 Å². The summed E-state index contributed by atoms with van der Waals surface area (Å²) in [6.07, 6.45) is 4.79. The van der Waals surface area contributed by atoms with E-state index >= 15 is 0 Å². The Hall–Kier alpha value is -3.69. The molecule has 0 bridgehead atoms. The smallest absolute Gasteiger partial charge is 0.270 e. The quantitative estimate of drug-likeness (QED) is 0.287. The normalized spacial score (nSPS) is 20.8. The zero-order chi connectivity index (χ0) is 24.7. The number of nitro benzene ring substituents is 1. The van der Waals surface area contributed by atoms with Crippen LogP contribution < -0.4 is 5.32 Å². The monoisotopic (exact) mass is 491 g/mol. The fourth-order valence-electron chi connectivity index (χ4n) is 5.05. The van der Waals surface area contributed by atoms with Gasteiger partial charge in [-0.15, -0.1) is 0 Å². The van der Waals surface area contributed by atoms with Crippen molar-refractivity contribution in [1.82, 2.24) is 4.31 Å². The van der Waals surface area contributed by atoms with Crippen molar-refractivity contribution in [3.63, 3.8) is 0 Å². The average Bonchev–Trinajstić information content (AvgIpc) is 3.34. The number of nitrogens with one attached hydrogen (secondary N) is 1. The van der Waals surface area contributed by atoms with Gasteiger partial charge >= 0.3 is 0 Å². The molecule has 8 nitrogen and oxygen atoms in total. The van der Waals surface area contributed by atoms with E-state index in [1.165, 1.54) is 22.5 Å². The van der Waals surface area contributed by atoms with Crippen LogP contribution in [0.4, 0.5) is 11.4 Å². The summed E-state index contributed by atoms with van der Waals surface area (Å²) in [7, 11) is -2.15. The van der Waals surface area contributed by atoms with Crippen LogP contribution in [0.3, 0.4) is 0 Å². The summed E-state index contributed by atoms with van der Waals surface area (Å²) in [6, 6.07) is 18.1. The minimum Gasteiger partial charge on any atom is -0.508 e. The van der Waals surface area contributed by atoms with Gasteiger partial charge in [-0.05, 0) is 47.7 Å². The highest BCUT2D eigenvalue weighted by atomic mass is 32.2. The van der Waals surface area contributed by atoms with Crippen molar-refractivity contribution < 1.29 is 18.4 Å². The molecule has 35 heavy (non-hydrogen) atoms. The van der Waals surface area contributed by atoms with Crippen LogP contribution in [0.5, 0.6) is 5.75 Å². The van der Waals surface area contributed by atoms with E-state index in [2.05, 4.69) is 11.4 Å². The van der Waals surface area contributed by atoms with Crippen molar-refractivity contribution in [2.75, 3.05) is 12.4 Å². The predicted molar refractivity (Wildman–Crippen MR) is 133 cm³/mol. The van der Waals surface area contributed by atoms with Crippen LogP contribution in [0.2, 0.25) is 0 Å². The van der Waals surface area contributed by atoms with Gasteiger partial charge in [0.1, 0.15) is 5.75 Å². The first kappa shape index (κ1) is 23.1. The Kier molecular flexibility index (Phi) is 5.82. The number of sulfonamides is 1. The number of allylic oxidation sites excluding steroid dienone is 2. The summed E-state index contributed by atoms with van der Waals surface area (Å²) >= 11 is 0. The molecule has 2 aliphatic rings. The second kappa shape index (κ2) is 8.83. The van der Waals surface area contributed by atoms with Crippen LogP contribution in [0.1, 0.15) is 35.1 Å². The molecule has 3 aromatic rings. The summed E-state index contributed by atoms with van der Waals surface area (Å²) in [6.45, 7) is 0.263. The number of benzene rings is 3. The Morgan fingerprint density at radius 1 is 1.09 bits per heavy atom. The molecule has 1 heterocycles. The van der Waals surface area contributed by atoms with E-state index in [0.717, 1.165) is 16.8 Å². The molecule has 3 atom stereocenters. The number of nitro groups is 1. The van der Waals surface area contributed by atoms with Crippen LogP contribution in [0.25, 0.3) is 0 Å². The Labute approximate surface area is 203 Å². The summed E-state index contributed by atoms with van der Waals surface area (Å²) in [5, 5.41) is 25.2. The number of aromatic hydroxyl groups is 1. The van der Waals surface area contributed by atoms with Gasteiger partial charge in [-0.3, -0.25) is 10.1 Å². The highest BCUT2D eigenvalue weighted by Gasteiger charge is 2.40. The van der Waals surface area contributed by atoms with Gasteiger partial charge in [0.2, 0.25) is 10.0 Å². The first-order chi connectivity index (χ1) is 16.8. The Bertz CT molecular complexity index is 1420. The molecule has 5 rings (SSSR count). The molecule has 0 saturated carbocycles. The van der Waals surface area contributed by atoms with Crippen LogP contribution in [-0.4, -0.2) is 29.8 Å². The molecule has 0 radical (unpaired) electrons. The molecule has 3 unspecified atom stereocenters. The number of phenols is 1. The average molecular weight is 492 g/mol. The lowest BCUT2D eigenvalue weighted by molar-refractivity contribution is -0.385. The van der Waals surface area contributed by atoms with E-state index in [0.29, 0.717) is 12.0 Å². The van der Waals surface area contributed by atoms with Gasteiger partial charge in [-0.25, -0.2) is 8.42 Å². The molecular formula is C26H25N3O5S. The Balaban J connectivity index is 1.49. The number of phenolic OH excluding ortho intramolecular Hbond substituents is 1. The van der Waals surface area contributed by atoms with Gasteiger partial charge in [-0.2, -0.15) is 4.31 Å². The van der Waals surface area contributed by atoms with E-state index < -0.39 is 14.9 Å². The number of anilines is 1. The second-order valence-electron chi connectivity index (χ2n) is 8.97. The molecule has 2 N–H and O–H groups in total. The summed E-state index contributed by atoms with van der Waals surface area (Å²) in [4.78, 5) is 11.0. The van der Waals surface area contributed by atoms with E-state index in [9.17, 15) is 23.6 Å². The number of hydrogen-bond acceptors (Lipinski definition) is 6. The zero-order valence-electron chi connectivity index (χ0n) is 19.0. The minimum atomic E-state index is -3.72. The summed E-state index contributed by atoms with van der Waals surface area (Å²) in [5.41, 5.74) is 2.88. The molecule has 0 amide bonds. The molecule has 0 saturated heterocycles. The third kappa shape index (κ3) is 4.17. The number of nitrogens with zero attached hydrogens (tertiary/aromatic N) is 2. The number of rotatable bonds is 6. The van der Waals surface area contributed by atoms with E-state index in [1.54, 1.807) is 25.2 Å². The topological polar surface area (TPSA) is 113 Å². The molecule has 180 valence electrons.